The van der Waals surface area contributed by atoms with E-state index in [4.69, 9.17) is 4.74 Å². The predicted octanol–water partition coefficient (Wildman–Crippen LogP) is 3.03. The molecule has 0 aliphatic heterocycles. The average molecular weight is 315 g/mol. The Morgan fingerprint density at radius 1 is 1.30 bits per heavy atom. The third-order valence-electron chi connectivity index (χ3n) is 3.25. The summed E-state index contributed by atoms with van der Waals surface area (Å²) in [4.78, 5) is 30.5. The Morgan fingerprint density at radius 2 is 2.13 bits per heavy atom. The van der Waals surface area contributed by atoms with Crippen molar-refractivity contribution in [3.8, 4) is 0 Å². The predicted molar refractivity (Wildman–Crippen MR) is 89.2 cm³/mol. The molecule has 1 aromatic carbocycles. The summed E-state index contributed by atoms with van der Waals surface area (Å²) in [6.45, 7) is 4.38. The number of anilines is 2. The van der Waals surface area contributed by atoms with Gasteiger partial charge in [-0.25, -0.2) is 9.78 Å². The highest BCUT2D eigenvalue weighted by Gasteiger charge is 2.08. The van der Waals surface area contributed by atoms with Gasteiger partial charge < -0.3 is 10.1 Å². The molecule has 0 aliphatic rings. The molecule has 0 fully saturated rings. The first-order chi connectivity index (χ1) is 11.1. The second-order valence-electron chi connectivity index (χ2n) is 5.13. The second kappa shape index (κ2) is 8.12. The van der Waals surface area contributed by atoms with E-state index in [0.29, 0.717) is 35.9 Å². The molecule has 0 saturated carbocycles. The van der Waals surface area contributed by atoms with Crippen molar-refractivity contribution in [1.82, 2.24) is 9.97 Å². The van der Waals surface area contributed by atoms with Crippen LogP contribution in [-0.4, -0.2) is 22.5 Å². The maximum Gasteiger partial charge on any atom is 0.338 e. The van der Waals surface area contributed by atoms with Gasteiger partial charge in [-0.3, -0.25) is 9.78 Å². The normalized spacial score (nSPS) is 10.3. The second-order valence-corrected chi connectivity index (χ2v) is 5.13. The summed E-state index contributed by atoms with van der Waals surface area (Å²) in [5, 5.41) is 3.01. The highest BCUT2D eigenvalue weighted by atomic mass is 16.5. The molecule has 1 heterocycles. The summed E-state index contributed by atoms with van der Waals surface area (Å²) in [6.07, 6.45) is 2.49. The van der Waals surface area contributed by atoms with E-state index in [1.165, 1.54) is 6.07 Å². The Bertz CT molecular complexity index is 725. The van der Waals surface area contributed by atoms with Crippen LogP contribution in [0.15, 0.2) is 35.1 Å². The lowest BCUT2D eigenvalue weighted by atomic mass is 10.2. The smallest absolute Gasteiger partial charge is 0.338 e. The van der Waals surface area contributed by atoms with Crippen molar-refractivity contribution >= 4 is 17.6 Å². The molecule has 0 saturated heterocycles. The number of aromatic amines is 1. The average Bonchev–Trinajstić information content (AvgIpc) is 2.54. The molecule has 122 valence electrons. The van der Waals surface area contributed by atoms with Gasteiger partial charge in [0.25, 0.3) is 5.56 Å². The molecule has 2 N–H and O–H groups in total. The maximum atomic E-state index is 12.0. The Hall–Kier alpha value is -2.63. The number of hydrogen-bond donors (Lipinski definition) is 2. The Morgan fingerprint density at radius 3 is 2.87 bits per heavy atom. The van der Waals surface area contributed by atoms with E-state index < -0.39 is 0 Å². The summed E-state index contributed by atoms with van der Waals surface area (Å²) < 4.78 is 5.19. The van der Waals surface area contributed by atoms with Gasteiger partial charge in [0.15, 0.2) is 0 Å². The maximum absolute atomic E-state index is 12.0. The van der Waals surface area contributed by atoms with Crippen molar-refractivity contribution in [2.24, 2.45) is 0 Å². The molecule has 2 aromatic rings. The van der Waals surface area contributed by atoms with Crippen molar-refractivity contribution in [3.05, 3.63) is 51.9 Å². The molecule has 0 bridgehead atoms. The monoisotopic (exact) mass is 315 g/mol. The number of aryl methyl sites for hydroxylation is 1. The quantitative estimate of drug-likeness (QED) is 0.606. The lowest BCUT2D eigenvalue weighted by Crippen LogP contribution is -2.12. The number of hydrogen-bond acceptors (Lipinski definition) is 5. The van der Waals surface area contributed by atoms with Crippen LogP contribution in [0.5, 0.6) is 0 Å². The third kappa shape index (κ3) is 4.95. The number of ether oxygens (including phenoxy) is 1. The van der Waals surface area contributed by atoms with Gasteiger partial charge in [0.2, 0.25) is 5.95 Å². The first kappa shape index (κ1) is 16.7. The molecular weight excluding hydrogens is 294 g/mol. The van der Waals surface area contributed by atoms with Crippen molar-refractivity contribution in [2.45, 2.75) is 33.1 Å². The standard InChI is InChI=1S/C17H21N3O3/c1-3-5-9-23-16(22)12-7-6-8-14(10-12)19-17-18-13(4-2)11-15(21)20-17/h6-8,10-11H,3-5,9H2,1-2H3,(H2,18,19,20,21). The van der Waals surface area contributed by atoms with Crippen LogP contribution in [0.3, 0.4) is 0 Å². The number of carbonyl (C=O) groups excluding carboxylic acids is 1. The topological polar surface area (TPSA) is 84.1 Å². The van der Waals surface area contributed by atoms with E-state index in [1.54, 1.807) is 24.3 Å². The van der Waals surface area contributed by atoms with Gasteiger partial charge in [0, 0.05) is 17.4 Å². The number of carbonyl (C=O) groups is 1. The molecule has 0 amide bonds. The first-order valence-corrected chi connectivity index (χ1v) is 7.76. The molecule has 0 radical (unpaired) electrons. The minimum Gasteiger partial charge on any atom is -0.462 e. The van der Waals surface area contributed by atoms with Crippen LogP contribution in [0, 0.1) is 0 Å². The molecule has 0 atom stereocenters. The fourth-order valence-electron chi connectivity index (χ4n) is 2.00. The van der Waals surface area contributed by atoms with Gasteiger partial charge in [0.05, 0.1) is 12.2 Å². The zero-order chi connectivity index (χ0) is 16.7. The van der Waals surface area contributed by atoms with Gasteiger partial charge in [-0.15, -0.1) is 0 Å². The van der Waals surface area contributed by atoms with E-state index in [2.05, 4.69) is 15.3 Å². The number of aromatic nitrogens is 2. The molecule has 0 aliphatic carbocycles. The van der Waals surface area contributed by atoms with Crippen LogP contribution >= 0.6 is 0 Å². The van der Waals surface area contributed by atoms with Gasteiger partial charge in [-0.2, -0.15) is 0 Å². The van der Waals surface area contributed by atoms with Gasteiger partial charge in [-0.05, 0) is 31.0 Å². The molecule has 2 rings (SSSR count). The third-order valence-corrected chi connectivity index (χ3v) is 3.25. The minimum absolute atomic E-state index is 0.213. The number of benzene rings is 1. The molecule has 0 spiro atoms. The summed E-state index contributed by atoms with van der Waals surface area (Å²) in [7, 11) is 0. The molecular formula is C17H21N3O3. The molecule has 23 heavy (non-hydrogen) atoms. The van der Waals surface area contributed by atoms with Gasteiger partial charge >= 0.3 is 5.97 Å². The van der Waals surface area contributed by atoms with Crippen molar-refractivity contribution < 1.29 is 9.53 Å². The van der Waals surface area contributed by atoms with Crippen LogP contribution in [0.2, 0.25) is 0 Å². The van der Waals surface area contributed by atoms with Crippen LogP contribution in [-0.2, 0) is 11.2 Å². The van der Waals surface area contributed by atoms with Gasteiger partial charge in [-0.1, -0.05) is 26.3 Å². The Kier molecular flexibility index (Phi) is 5.91. The van der Waals surface area contributed by atoms with Crippen molar-refractivity contribution in [1.29, 1.82) is 0 Å². The fourth-order valence-corrected chi connectivity index (χ4v) is 2.00. The van der Waals surface area contributed by atoms with Crippen molar-refractivity contribution in [3.63, 3.8) is 0 Å². The number of nitrogens with zero attached hydrogens (tertiary/aromatic N) is 1. The Balaban J connectivity index is 2.12. The molecule has 1 aromatic heterocycles. The highest BCUT2D eigenvalue weighted by Crippen LogP contribution is 2.15. The molecule has 0 unspecified atom stereocenters. The number of rotatable bonds is 7. The van der Waals surface area contributed by atoms with E-state index in [0.717, 1.165) is 12.8 Å². The SMILES string of the molecule is CCCCOC(=O)c1cccc(Nc2nc(CC)cc(=O)[nH]2)c1. The highest BCUT2D eigenvalue weighted by molar-refractivity contribution is 5.90. The molecule has 6 nitrogen and oxygen atoms in total. The minimum atomic E-state index is -0.356. The zero-order valence-electron chi connectivity index (χ0n) is 13.4. The lowest BCUT2D eigenvalue weighted by Gasteiger charge is -2.08. The summed E-state index contributed by atoms with van der Waals surface area (Å²) >= 11 is 0. The van der Waals surface area contributed by atoms with Gasteiger partial charge in [0.1, 0.15) is 0 Å². The van der Waals surface area contributed by atoms with Crippen LogP contribution in [0.1, 0.15) is 42.7 Å². The lowest BCUT2D eigenvalue weighted by molar-refractivity contribution is 0.0500. The summed E-state index contributed by atoms with van der Waals surface area (Å²) in [6, 6.07) is 8.37. The number of esters is 1. The zero-order valence-corrected chi connectivity index (χ0v) is 13.4. The van der Waals surface area contributed by atoms with E-state index in [9.17, 15) is 9.59 Å². The molecule has 6 heteroatoms. The summed E-state index contributed by atoms with van der Waals surface area (Å²) in [5.74, 6) is -0.00304. The first-order valence-electron chi connectivity index (χ1n) is 7.76. The van der Waals surface area contributed by atoms with Crippen LogP contribution in [0.4, 0.5) is 11.6 Å². The van der Waals surface area contributed by atoms with E-state index in [1.807, 2.05) is 13.8 Å². The van der Waals surface area contributed by atoms with Crippen LogP contribution < -0.4 is 10.9 Å². The number of nitrogens with one attached hydrogen (secondary N) is 2. The van der Waals surface area contributed by atoms with E-state index in [-0.39, 0.29) is 11.5 Å². The number of unbranched alkanes of at least 4 members (excludes halogenated alkanes) is 1. The largest absolute Gasteiger partial charge is 0.462 e. The number of H-pyrrole nitrogens is 1. The Labute approximate surface area is 134 Å². The van der Waals surface area contributed by atoms with E-state index >= 15 is 0 Å². The summed E-state index contributed by atoms with van der Waals surface area (Å²) in [5.41, 5.74) is 1.60. The fraction of sp³-hybridized carbons (Fsp3) is 0.353. The van der Waals surface area contributed by atoms with Crippen molar-refractivity contribution in [2.75, 3.05) is 11.9 Å². The van der Waals surface area contributed by atoms with Crippen LogP contribution in [0.25, 0.3) is 0 Å².